The maximum absolute atomic E-state index is 12.7. The molecule has 2 aliphatic rings. The lowest BCUT2D eigenvalue weighted by Crippen LogP contribution is -2.57. The summed E-state index contributed by atoms with van der Waals surface area (Å²) in [6.45, 7) is 3.51. The number of nitrogens with one attached hydrogen (secondary N) is 1. The van der Waals surface area contributed by atoms with Gasteiger partial charge in [-0.1, -0.05) is 0 Å². The monoisotopic (exact) mass is 389 g/mol. The SMILES string of the molecule is O=C(CCn1cnc2sccc2c1=O)N1CCCC(N2CCNCC2=O)C1. The zero-order valence-corrected chi connectivity index (χ0v) is 15.9. The molecule has 144 valence electrons. The number of amides is 2. The fourth-order valence-electron chi connectivity index (χ4n) is 3.87. The van der Waals surface area contributed by atoms with Crippen molar-refractivity contribution in [2.75, 3.05) is 32.7 Å². The number of hydrogen-bond acceptors (Lipinski definition) is 6. The fraction of sp³-hybridized carbons (Fsp3) is 0.556. The molecule has 2 aliphatic heterocycles. The Bertz CT molecular complexity index is 908. The lowest BCUT2D eigenvalue weighted by atomic mass is 10.0. The summed E-state index contributed by atoms with van der Waals surface area (Å²) in [6.07, 6.45) is 3.62. The van der Waals surface area contributed by atoms with Crippen molar-refractivity contribution in [2.45, 2.75) is 31.8 Å². The molecule has 0 spiro atoms. The largest absolute Gasteiger partial charge is 0.341 e. The zero-order chi connectivity index (χ0) is 18.8. The first-order chi connectivity index (χ1) is 13.1. The smallest absolute Gasteiger partial charge is 0.262 e. The van der Waals surface area contributed by atoms with Crippen LogP contribution in [0.3, 0.4) is 0 Å². The number of fused-ring (bicyclic) bond motifs is 1. The summed E-state index contributed by atoms with van der Waals surface area (Å²) in [6, 6.07) is 1.87. The molecule has 2 saturated heterocycles. The quantitative estimate of drug-likeness (QED) is 0.811. The van der Waals surface area contributed by atoms with Crippen molar-refractivity contribution in [3.05, 3.63) is 28.1 Å². The van der Waals surface area contributed by atoms with Crippen LogP contribution in [0.5, 0.6) is 0 Å². The lowest BCUT2D eigenvalue weighted by molar-refractivity contribution is -0.140. The fourth-order valence-corrected chi connectivity index (χ4v) is 4.59. The molecule has 2 fully saturated rings. The number of likely N-dealkylation sites (tertiary alicyclic amines) is 1. The Labute approximate surface area is 160 Å². The van der Waals surface area contributed by atoms with Gasteiger partial charge in [0.1, 0.15) is 4.83 Å². The average molecular weight is 389 g/mol. The van der Waals surface area contributed by atoms with Gasteiger partial charge in [0.25, 0.3) is 5.56 Å². The van der Waals surface area contributed by atoms with Gasteiger partial charge in [0.2, 0.25) is 11.8 Å². The number of aromatic nitrogens is 2. The van der Waals surface area contributed by atoms with Gasteiger partial charge in [-0.3, -0.25) is 19.0 Å². The van der Waals surface area contributed by atoms with E-state index in [2.05, 4.69) is 10.3 Å². The highest BCUT2D eigenvalue weighted by molar-refractivity contribution is 7.16. The van der Waals surface area contributed by atoms with E-state index < -0.39 is 0 Å². The van der Waals surface area contributed by atoms with Gasteiger partial charge in [-0.25, -0.2) is 4.98 Å². The van der Waals surface area contributed by atoms with Crippen molar-refractivity contribution in [3.63, 3.8) is 0 Å². The second-order valence-electron chi connectivity index (χ2n) is 7.03. The number of carbonyl (C=O) groups is 2. The van der Waals surface area contributed by atoms with Gasteiger partial charge in [-0.2, -0.15) is 0 Å². The van der Waals surface area contributed by atoms with Gasteiger partial charge < -0.3 is 15.1 Å². The molecule has 0 bridgehead atoms. The number of piperazine rings is 1. The highest BCUT2D eigenvalue weighted by atomic mass is 32.1. The maximum Gasteiger partial charge on any atom is 0.262 e. The minimum Gasteiger partial charge on any atom is -0.341 e. The van der Waals surface area contributed by atoms with Crippen LogP contribution >= 0.6 is 11.3 Å². The minimum absolute atomic E-state index is 0.0274. The Morgan fingerprint density at radius 3 is 3.07 bits per heavy atom. The molecule has 2 aromatic rings. The van der Waals surface area contributed by atoms with Crippen LogP contribution in [0.1, 0.15) is 19.3 Å². The first kappa shape index (κ1) is 18.1. The molecule has 4 heterocycles. The molecule has 1 atom stereocenters. The summed E-state index contributed by atoms with van der Waals surface area (Å²) in [5.74, 6) is 0.141. The molecular weight excluding hydrogens is 366 g/mol. The van der Waals surface area contributed by atoms with Gasteiger partial charge in [-0.05, 0) is 24.3 Å². The molecule has 1 unspecified atom stereocenters. The molecule has 0 radical (unpaired) electrons. The van der Waals surface area contributed by atoms with Crippen LogP contribution in [0.4, 0.5) is 0 Å². The highest BCUT2D eigenvalue weighted by Crippen LogP contribution is 2.18. The van der Waals surface area contributed by atoms with E-state index in [1.165, 1.54) is 22.2 Å². The summed E-state index contributed by atoms with van der Waals surface area (Å²) in [4.78, 5) is 46.0. The third-order valence-electron chi connectivity index (χ3n) is 5.33. The van der Waals surface area contributed by atoms with Crippen molar-refractivity contribution in [1.82, 2.24) is 24.7 Å². The van der Waals surface area contributed by atoms with Gasteiger partial charge in [0.15, 0.2) is 0 Å². The minimum atomic E-state index is -0.100. The number of piperidine rings is 1. The third-order valence-corrected chi connectivity index (χ3v) is 6.15. The number of nitrogens with zero attached hydrogens (tertiary/aromatic N) is 4. The molecular formula is C18H23N5O3S. The Balaban J connectivity index is 1.38. The van der Waals surface area contributed by atoms with Gasteiger partial charge in [0, 0.05) is 45.2 Å². The number of rotatable bonds is 4. The standard InChI is InChI=1S/C18H23N5O3S/c24-15(3-7-22-12-20-17-14(18(22)26)4-9-27-17)21-6-1-2-13(11-21)23-8-5-19-10-16(23)25/h4,9,12-13,19H,1-3,5-8,10-11H2. The molecule has 4 rings (SSSR count). The van der Waals surface area contributed by atoms with E-state index in [0.717, 1.165) is 24.2 Å². The van der Waals surface area contributed by atoms with E-state index in [1.807, 2.05) is 15.2 Å². The highest BCUT2D eigenvalue weighted by Gasteiger charge is 2.31. The van der Waals surface area contributed by atoms with Crippen molar-refractivity contribution >= 4 is 33.4 Å². The predicted molar refractivity (Wildman–Crippen MR) is 103 cm³/mol. The van der Waals surface area contributed by atoms with Crippen molar-refractivity contribution < 1.29 is 9.59 Å². The molecule has 0 saturated carbocycles. The average Bonchev–Trinajstić information content (AvgIpc) is 3.17. The Kier molecular flexibility index (Phi) is 5.22. The molecule has 8 nitrogen and oxygen atoms in total. The number of aryl methyl sites for hydroxylation is 1. The second-order valence-corrected chi connectivity index (χ2v) is 7.93. The van der Waals surface area contributed by atoms with Gasteiger partial charge in [0.05, 0.1) is 18.3 Å². The summed E-state index contributed by atoms with van der Waals surface area (Å²) in [5, 5.41) is 5.53. The molecule has 27 heavy (non-hydrogen) atoms. The Hall–Kier alpha value is -2.26. The molecule has 1 N–H and O–H groups in total. The molecule has 2 aromatic heterocycles. The molecule has 0 aliphatic carbocycles. The Morgan fingerprint density at radius 2 is 2.22 bits per heavy atom. The Morgan fingerprint density at radius 1 is 1.33 bits per heavy atom. The molecule has 2 amide bonds. The summed E-state index contributed by atoms with van der Waals surface area (Å²) >= 11 is 1.43. The van der Waals surface area contributed by atoms with Crippen LogP contribution < -0.4 is 10.9 Å². The lowest BCUT2D eigenvalue weighted by Gasteiger charge is -2.41. The van der Waals surface area contributed by atoms with Crippen LogP contribution in [0.2, 0.25) is 0 Å². The van der Waals surface area contributed by atoms with Gasteiger partial charge >= 0.3 is 0 Å². The van der Waals surface area contributed by atoms with Crippen molar-refractivity contribution in [3.8, 4) is 0 Å². The summed E-state index contributed by atoms with van der Waals surface area (Å²) in [5.41, 5.74) is -0.100. The van der Waals surface area contributed by atoms with E-state index in [1.54, 1.807) is 6.07 Å². The van der Waals surface area contributed by atoms with Crippen LogP contribution in [0.15, 0.2) is 22.6 Å². The summed E-state index contributed by atoms with van der Waals surface area (Å²) < 4.78 is 1.51. The first-order valence-corrected chi connectivity index (χ1v) is 10.2. The van der Waals surface area contributed by atoms with E-state index in [9.17, 15) is 14.4 Å². The predicted octanol–water partition coefficient (Wildman–Crippen LogP) is 0.271. The van der Waals surface area contributed by atoms with E-state index >= 15 is 0 Å². The van der Waals surface area contributed by atoms with E-state index in [0.29, 0.717) is 38.1 Å². The van der Waals surface area contributed by atoms with Crippen LogP contribution in [-0.4, -0.2) is 69.9 Å². The number of carbonyl (C=O) groups excluding carboxylic acids is 2. The zero-order valence-electron chi connectivity index (χ0n) is 15.1. The van der Waals surface area contributed by atoms with Crippen molar-refractivity contribution in [2.24, 2.45) is 0 Å². The summed E-state index contributed by atoms with van der Waals surface area (Å²) in [7, 11) is 0. The van der Waals surface area contributed by atoms with Crippen LogP contribution in [0.25, 0.3) is 10.2 Å². The van der Waals surface area contributed by atoms with Crippen LogP contribution in [0, 0.1) is 0 Å². The second kappa shape index (κ2) is 7.77. The number of hydrogen-bond donors (Lipinski definition) is 1. The van der Waals surface area contributed by atoms with Crippen LogP contribution in [-0.2, 0) is 16.1 Å². The van der Waals surface area contributed by atoms with Crippen molar-refractivity contribution in [1.29, 1.82) is 0 Å². The van der Waals surface area contributed by atoms with E-state index in [-0.39, 0.29) is 29.8 Å². The molecule has 9 heteroatoms. The third kappa shape index (κ3) is 3.74. The van der Waals surface area contributed by atoms with Gasteiger partial charge in [-0.15, -0.1) is 11.3 Å². The maximum atomic E-state index is 12.7. The normalized spacial score (nSPS) is 21.0. The topological polar surface area (TPSA) is 87.5 Å². The number of thiophene rings is 1. The molecule has 0 aromatic carbocycles. The van der Waals surface area contributed by atoms with E-state index in [4.69, 9.17) is 0 Å². The first-order valence-electron chi connectivity index (χ1n) is 9.34.